The Bertz CT molecular complexity index is 1430. The maximum Gasteiger partial charge on any atom is 0.293 e. The van der Waals surface area contributed by atoms with E-state index < -0.39 is 12.1 Å². The minimum absolute atomic E-state index is 0.0519. The molecule has 2 aromatic carbocycles. The first-order chi connectivity index (χ1) is 16.9. The van der Waals surface area contributed by atoms with E-state index in [1.165, 1.54) is 6.20 Å². The van der Waals surface area contributed by atoms with Gasteiger partial charge in [0.2, 0.25) is 23.4 Å². The Balaban J connectivity index is 1.20. The van der Waals surface area contributed by atoms with Gasteiger partial charge in [0.15, 0.2) is 0 Å². The first-order valence-electron chi connectivity index (χ1n) is 11.4. The van der Waals surface area contributed by atoms with E-state index in [0.29, 0.717) is 46.6 Å². The number of benzene rings is 2. The molecular formula is C25H22FN5O4. The molecule has 1 saturated carbocycles. The van der Waals surface area contributed by atoms with Crippen LogP contribution in [0, 0.1) is 6.92 Å². The number of ether oxygens (including phenoxy) is 1. The Labute approximate surface area is 199 Å². The topological polar surface area (TPSA) is 115 Å². The largest absolute Gasteiger partial charge is 0.487 e. The summed E-state index contributed by atoms with van der Waals surface area (Å²) in [6.07, 6.45) is 0.928. The van der Waals surface area contributed by atoms with Crippen molar-refractivity contribution in [3.63, 3.8) is 0 Å². The lowest BCUT2D eigenvalue weighted by atomic mass is 10.1. The second-order valence-electron chi connectivity index (χ2n) is 8.85. The molecule has 3 atom stereocenters. The number of amides is 1. The molecule has 178 valence electrons. The third-order valence-electron chi connectivity index (χ3n) is 6.08. The number of hydrogen-bond donors (Lipinski definition) is 2. The summed E-state index contributed by atoms with van der Waals surface area (Å²) in [7, 11) is 0. The van der Waals surface area contributed by atoms with Gasteiger partial charge < -0.3 is 24.3 Å². The maximum atomic E-state index is 13.3. The van der Waals surface area contributed by atoms with Crippen LogP contribution in [0.3, 0.4) is 0 Å². The predicted octanol–water partition coefficient (Wildman–Crippen LogP) is 4.97. The van der Waals surface area contributed by atoms with E-state index in [0.717, 1.165) is 17.8 Å². The number of nitrogens with zero attached hydrogens (tertiary/aromatic N) is 3. The molecule has 1 aliphatic carbocycles. The van der Waals surface area contributed by atoms with Gasteiger partial charge in [-0.2, -0.15) is 4.98 Å². The molecule has 2 aromatic heterocycles. The molecular weight excluding hydrogens is 453 g/mol. The minimum Gasteiger partial charge on any atom is -0.487 e. The summed E-state index contributed by atoms with van der Waals surface area (Å²) in [4.78, 5) is 21.5. The lowest BCUT2D eigenvalue weighted by molar-refractivity contribution is 0.0997. The van der Waals surface area contributed by atoms with E-state index in [1.807, 2.05) is 44.2 Å². The number of alkyl halides is 1. The molecule has 0 radical (unpaired) electrons. The standard InChI is InChI=1S/C25H22FN5O4/c1-12-3-4-14(22-30-25(35-31-22)16-9-17(16)26)7-19(12)29-23(32)21-11-28-24(34-21)15-5-6-18-20(8-15)33-13(2)10-27-18/h3-8,11,13,16-17,27H,9-10H2,1-2H3,(H,29,32)/t13-,16-,17-/m0/s1. The number of halogens is 1. The first kappa shape index (κ1) is 21.3. The maximum absolute atomic E-state index is 13.3. The number of nitrogens with one attached hydrogen (secondary N) is 2. The Hall–Kier alpha value is -4.21. The molecule has 10 heteroatoms. The predicted molar refractivity (Wildman–Crippen MR) is 125 cm³/mol. The van der Waals surface area contributed by atoms with Crippen LogP contribution < -0.4 is 15.4 Å². The molecule has 2 N–H and O–H groups in total. The third-order valence-corrected chi connectivity index (χ3v) is 6.08. The molecule has 0 bridgehead atoms. The minimum atomic E-state index is -0.919. The summed E-state index contributed by atoms with van der Waals surface area (Å²) >= 11 is 0. The number of carbonyl (C=O) groups is 1. The summed E-state index contributed by atoms with van der Waals surface area (Å²) in [5, 5.41) is 10.1. The molecule has 35 heavy (non-hydrogen) atoms. The summed E-state index contributed by atoms with van der Waals surface area (Å²) in [6.45, 7) is 4.59. The fraction of sp³-hybridized carbons (Fsp3) is 0.280. The van der Waals surface area contributed by atoms with Crippen molar-refractivity contribution in [3.05, 3.63) is 59.8 Å². The van der Waals surface area contributed by atoms with Gasteiger partial charge in [0, 0.05) is 16.8 Å². The number of aryl methyl sites for hydroxylation is 1. The zero-order chi connectivity index (χ0) is 24.1. The highest BCUT2D eigenvalue weighted by atomic mass is 19.1. The Kier molecular flexibility index (Phi) is 5.01. The van der Waals surface area contributed by atoms with E-state index >= 15 is 0 Å². The summed E-state index contributed by atoms with van der Waals surface area (Å²) < 4.78 is 30.1. The van der Waals surface area contributed by atoms with Crippen LogP contribution in [0.2, 0.25) is 0 Å². The molecule has 1 fully saturated rings. The van der Waals surface area contributed by atoms with Crippen molar-refractivity contribution in [3.8, 4) is 28.6 Å². The van der Waals surface area contributed by atoms with Crippen LogP contribution in [-0.2, 0) is 0 Å². The molecule has 0 unspecified atom stereocenters. The molecule has 9 nitrogen and oxygen atoms in total. The summed E-state index contributed by atoms with van der Waals surface area (Å²) in [5.41, 5.74) is 3.66. The zero-order valence-electron chi connectivity index (χ0n) is 19.0. The first-order valence-corrected chi connectivity index (χ1v) is 11.4. The van der Waals surface area contributed by atoms with Gasteiger partial charge in [0.25, 0.3) is 5.91 Å². The zero-order valence-corrected chi connectivity index (χ0v) is 19.0. The lowest BCUT2D eigenvalue weighted by Crippen LogP contribution is -2.27. The summed E-state index contributed by atoms with van der Waals surface area (Å²) in [5.74, 6) is 0.977. The van der Waals surface area contributed by atoms with Gasteiger partial charge in [0.05, 0.1) is 24.3 Å². The van der Waals surface area contributed by atoms with E-state index in [2.05, 4.69) is 25.8 Å². The van der Waals surface area contributed by atoms with Crippen molar-refractivity contribution < 1.29 is 22.9 Å². The van der Waals surface area contributed by atoms with Crippen molar-refractivity contribution in [1.29, 1.82) is 0 Å². The number of oxazole rings is 1. The second-order valence-corrected chi connectivity index (χ2v) is 8.85. The normalized spacial score (nSPS) is 20.5. The average molecular weight is 475 g/mol. The Morgan fingerprint density at radius 2 is 2.03 bits per heavy atom. The van der Waals surface area contributed by atoms with Crippen molar-refractivity contribution in [2.45, 2.75) is 38.5 Å². The van der Waals surface area contributed by atoms with E-state index in [-0.39, 0.29) is 17.8 Å². The van der Waals surface area contributed by atoms with Crippen molar-refractivity contribution in [2.75, 3.05) is 17.2 Å². The highest BCUT2D eigenvalue weighted by Crippen LogP contribution is 2.43. The Morgan fingerprint density at radius 1 is 1.20 bits per heavy atom. The molecule has 2 aliphatic rings. The summed E-state index contributed by atoms with van der Waals surface area (Å²) in [6, 6.07) is 11.0. The van der Waals surface area contributed by atoms with Gasteiger partial charge >= 0.3 is 0 Å². The number of rotatable bonds is 5. The highest BCUT2D eigenvalue weighted by molar-refractivity contribution is 6.03. The van der Waals surface area contributed by atoms with Gasteiger partial charge in [-0.1, -0.05) is 17.3 Å². The molecule has 6 rings (SSSR count). The van der Waals surface area contributed by atoms with Crippen LogP contribution in [0.1, 0.15) is 41.3 Å². The van der Waals surface area contributed by atoms with Gasteiger partial charge in [-0.3, -0.25) is 4.79 Å². The van der Waals surface area contributed by atoms with Crippen LogP contribution >= 0.6 is 0 Å². The van der Waals surface area contributed by atoms with Crippen LogP contribution in [-0.4, -0.2) is 39.9 Å². The number of hydrogen-bond acceptors (Lipinski definition) is 8. The highest BCUT2D eigenvalue weighted by Gasteiger charge is 2.43. The van der Waals surface area contributed by atoms with Crippen LogP contribution in [0.15, 0.2) is 51.5 Å². The van der Waals surface area contributed by atoms with Crippen LogP contribution in [0.25, 0.3) is 22.8 Å². The molecule has 3 heterocycles. The third kappa shape index (κ3) is 4.11. The lowest BCUT2D eigenvalue weighted by Gasteiger charge is -2.24. The quantitative estimate of drug-likeness (QED) is 0.416. The molecule has 1 aliphatic heterocycles. The molecule has 4 aromatic rings. The van der Waals surface area contributed by atoms with E-state index in [1.54, 1.807) is 6.07 Å². The van der Waals surface area contributed by atoms with E-state index in [9.17, 15) is 9.18 Å². The van der Waals surface area contributed by atoms with Gasteiger partial charge in [-0.25, -0.2) is 9.37 Å². The fourth-order valence-corrected chi connectivity index (χ4v) is 3.93. The van der Waals surface area contributed by atoms with Crippen molar-refractivity contribution >= 4 is 17.3 Å². The molecule has 0 spiro atoms. The van der Waals surface area contributed by atoms with Crippen molar-refractivity contribution in [2.24, 2.45) is 0 Å². The second kappa shape index (κ2) is 8.23. The van der Waals surface area contributed by atoms with Gasteiger partial charge in [-0.15, -0.1) is 0 Å². The number of anilines is 2. The van der Waals surface area contributed by atoms with E-state index in [4.69, 9.17) is 13.7 Å². The average Bonchev–Trinajstić information content (AvgIpc) is 3.24. The smallest absolute Gasteiger partial charge is 0.293 e. The Morgan fingerprint density at radius 3 is 2.86 bits per heavy atom. The molecule has 1 amide bonds. The van der Waals surface area contributed by atoms with Crippen LogP contribution in [0.5, 0.6) is 5.75 Å². The SMILES string of the molecule is Cc1ccc(-c2noc([C@H]3C[C@@H]3F)n2)cc1NC(=O)c1cnc(-c2ccc3c(c2)O[C@@H](C)CN3)o1. The fourth-order valence-electron chi connectivity index (χ4n) is 3.93. The number of fused-ring (bicyclic) bond motifs is 1. The molecule has 0 saturated heterocycles. The number of carbonyl (C=O) groups excluding carboxylic acids is 1. The van der Waals surface area contributed by atoms with Gasteiger partial charge in [-0.05, 0) is 50.1 Å². The van der Waals surface area contributed by atoms with Gasteiger partial charge in [0.1, 0.15) is 18.0 Å². The van der Waals surface area contributed by atoms with Crippen LogP contribution in [0.4, 0.5) is 15.8 Å². The number of aromatic nitrogens is 3. The van der Waals surface area contributed by atoms with Crippen molar-refractivity contribution in [1.82, 2.24) is 15.1 Å². The monoisotopic (exact) mass is 475 g/mol.